The lowest BCUT2D eigenvalue weighted by atomic mass is 9.71. The number of fused-ring (bicyclic) bond motifs is 2. The van der Waals surface area contributed by atoms with Crippen LogP contribution in [0.25, 0.3) is 11.0 Å². The minimum absolute atomic E-state index is 0.0308. The molecule has 2 unspecified atom stereocenters. The maximum absolute atomic E-state index is 13.1. The largest absolute Gasteiger partial charge is 0.493 e. The number of ether oxygens (including phenoxy) is 1. The highest BCUT2D eigenvalue weighted by atomic mass is 16.5. The number of aryl methyl sites for hydroxylation is 2. The van der Waals surface area contributed by atoms with Crippen LogP contribution in [0.2, 0.25) is 0 Å². The number of aliphatic hydroxyl groups is 1. The predicted molar refractivity (Wildman–Crippen MR) is 124 cm³/mol. The molecule has 1 saturated carbocycles. The van der Waals surface area contributed by atoms with Crippen LogP contribution < -0.4 is 10.4 Å². The van der Waals surface area contributed by atoms with Gasteiger partial charge in [0.25, 0.3) is 0 Å². The van der Waals surface area contributed by atoms with Crippen molar-refractivity contribution >= 4 is 16.9 Å². The molecule has 4 rings (SSSR count). The number of unbranched alkanes of at least 4 members (excludes halogenated alkanes) is 1. The standard InChI is InChI=1S/C26H35NO5/c1-4-5-14-31-22-10-9-20-17(2)21(25(29)32-24(20)18(22)3)15-23(28)27-13-12-26(30)11-7-6-8-19(26)16-27/h9-10,19,30H,4-8,11-16H2,1-3H3. The van der Waals surface area contributed by atoms with Crippen molar-refractivity contribution in [2.75, 3.05) is 19.7 Å². The van der Waals surface area contributed by atoms with Gasteiger partial charge in [0.05, 0.1) is 24.2 Å². The average molecular weight is 442 g/mol. The van der Waals surface area contributed by atoms with Gasteiger partial charge in [-0.3, -0.25) is 4.79 Å². The molecule has 1 amide bonds. The number of carbonyl (C=O) groups is 1. The van der Waals surface area contributed by atoms with Gasteiger partial charge < -0.3 is 19.2 Å². The Hall–Kier alpha value is -2.34. The highest BCUT2D eigenvalue weighted by Crippen LogP contribution is 2.40. The zero-order chi connectivity index (χ0) is 22.9. The van der Waals surface area contributed by atoms with Gasteiger partial charge >= 0.3 is 5.63 Å². The summed E-state index contributed by atoms with van der Waals surface area (Å²) in [6.45, 7) is 7.64. The summed E-state index contributed by atoms with van der Waals surface area (Å²) in [6, 6.07) is 3.83. The molecule has 1 aromatic carbocycles. The lowest BCUT2D eigenvalue weighted by Gasteiger charge is -2.47. The van der Waals surface area contributed by atoms with E-state index in [2.05, 4.69) is 6.92 Å². The van der Waals surface area contributed by atoms with E-state index in [-0.39, 0.29) is 18.2 Å². The van der Waals surface area contributed by atoms with E-state index in [1.165, 1.54) is 0 Å². The summed E-state index contributed by atoms with van der Waals surface area (Å²) < 4.78 is 11.5. The molecule has 32 heavy (non-hydrogen) atoms. The van der Waals surface area contributed by atoms with Crippen LogP contribution >= 0.6 is 0 Å². The monoisotopic (exact) mass is 441 g/mol. The summed E-state index contributed by atoms with van der Waals surface area (Å²) in [6.07, 6.45) is 6.62. The SMILES string of the molecule is CCCCOc1ccc2c(C)c(CC(=O)N3CCC4(O)CCCCC4C3)c(=O)oc2c1C. The number of piperidine rings is 1. The zero-order valence-electron chi connectivity index (χ0n) is 19.5. The normalized spacial score (nSPS) is 23.2. The van der Waals surface area contributed by atoms with E-state index in [0.29, 0.717) is 37.3 Å². The summed E-state index contributed by atoms with van der Waals surface area (Å²) in [5, 5.41) is 11.7. The zero-order valence-corrected chi connectivity index (χ0v) is 19.5. The van der Waals surface area contributed by atoms with Crippen LogP contribution in [0.4, 0.5) is 0 Å². The highest BCUT2D eigenvalue weighted by molar-refractivity contribution is 5.87. The van der Waals surface area contributed by atoms with E-state index < -0.39 is 11.2 Å². The van der Waals surface area contributed by atoms with Gasteiger partial charge in [0, 0.05) is 30.0 Å². The third kappa shape index (κ3) is 4.29. The summed E-state index contributed by atoms with van der Waals surface area (Å²) in [5.41, 5.74) is 1.47. The van der Waals surface area contributed by atoms with Gasteiger partial charge in [-0.15, -0.1) is 0 Å². The maximum Gasteiger partial charge on any atom is 0.340 e. The summed E-state index contributed by atoms with van der Waals surface area (Å²) in [5.74, 6) is 0.797. The van der Waals surface area contributed by atoms with Crippen molar-refractivity contribution in [3.8, 4) is 5.75 Å². The fourth-order valence-corrected chi connectivity index (χ4v) is 5.32. The number of benzene rings is 1. The molecular weight excluding hydrogens is 406 g/mol. The molecule has 174 valence electrons. The molecule has 2 aliphatic rings. The number of hydrogen-bond donors (Lipinski definition) is 1. The Morgan fingerprint density at radius 2 is 2.06 bits per heavy atom. The van der Waals surface area contributed by atoms with Crippen molar-refractivity contribution in [1.29, 1.82) is 0 Å². The van der Waals surface area contributed by atoms with Crippen molar-refractivity contribution in [3.63, 3.8) is 0 Å². The lowest BCUT2D eigenvalue weighted by molar-refractivity contribution is -0.142. The van der Waals surface area contributed by atoms with Crippen molar-refractivity contribution in [1.82, 2.24) is 4.90 Å². The Balaban J connectivity index is 1.55. The van der Waals surface area contributed by atoms with Crippen LogP contribution in [-0.2, 0) is 11.2 Å². The smallest absolute Gasteiger partial charge is 0.340 e. The second-order valence-electron chi connectivity index (χ2n) is 9.57. The number of amides is 1. The Morgan fingerprint density at radius 1 is 1.25 bits per heavy atom. The molecule has 6 nitrogen and oxygen atoms in total. The first-order valence-electron chi connectivity index (χ1n) is 12.0. The predicted octanol–water partition coefficient (Wildman–Crippen LogP) is 4.28. The van der Waals surface area contributed by atoms with Gasteiger partial charge in [-0.2, -0.15) is 0 Å². The van der Waals surface area contributed by atoms with Gasteiger partial charge in [0.1, 0.15) is 11.3 Å². The first kappa shape index (κ1) is 22.8. The van der Waals surface area contributed by atoms with Crippen LogP contribution in [0.3, 0.4) is 0 Å². The topological polar surface area (TPSA) is 80.0 Å². The average Bonchev–Trinajstić information content (AvgIpc) is 2.78. The maximum atomic E-state index is 13.1. The second kappa shape index (κ2) is 9.26. The van der Waals surface area contributed by atoms with Gasteiger partial charge in [-0.1, -0.05) is 26.2 Å². The Morgan fingerprint density at radius 3 is 2.84 bits per heavy atom. The number of rotatable bonds is 6. The lowest BCUT2D eigenvalue weighted by Crippen LogP contribution is -2.55. The molecule has 2 atom stereocenters. The van der Waals surface area contributed by atoms with Crippen molar-refractivity contribution < 1.29 is 19.1 Å². The molecule has 2 fully saturated rings. The molecule has 0 radical (unpaired) electrons. The van der Waals surface area contributed by atoms with E-state index >= 15 is 0 Å². The highest BCUT2D eigenvalue weighted by Gasteiger charge is 2.43. The van der Waals surface area contributed by atoms with Crippen LogP contribution in [-0.4, -0.2) is 41.2 Å². The third-order valence-electron chi connectivity index (χ3n) is 7.52. The molecule has 1 aromatic heterocycles. The van der Waals surface area contributed by atoms with Crippen LogP contribution in [0.15, 0.2) is 21.3 Å². The van der Waals surface area contributed by atoms with Gasteiger partial charge in [-0.25, -0.2) is 4.79 Å². The van der Waals surface area contributed by atoms with Gasteiger partial charge in [-0.05, 0) is 57.2 Å². The summed E-state index contributed by atoms with van der Waals surface area (Å²) in [7, 11) is 0. The number of hydrogen-bond acceptors (Lipinski definition) is 5. The van der Waals surface area contributed by atoms with Crippen LogP contribution in [0, 0.1) is 19.8 Å². The molecule has 2 heterocycles. The van der Waals surface area contributed by atoms with Gasteiger partial charge in [0.15, 0.2) is 0 Å². The van der Waals surface area contributed by atoms with Crippen molar-refractivity contribution in [2.24, 2.45) is 5.92 Å². The Kier molecular flexibility index (Phi) is 6.61. The molecule has 6 heteroatoms. The van der Waals surface area contributed by atoms with E-state index in [9.17, 15) is 14.7 Å². The van der Waals surface area contributed by atoms with Crippen molar-refractivity contribution in [2.45, 2.75) is 77.7 Å². The number of carbonyl (C=O) groups excluding carboxylic acids is 1. The Bertz CT molecular complexity index is 1060. The quantitative estimate of drug-likeness (QED) is 0.534. The first-order valence-corrected chi connectivity index (χ1v) is 12.0. The first-order chi connectivity index (χ1) is 15.3. The molecule has 1 aliphatic carbocycles. The summed E-state index contributed by atoms with van der Waals surface area (Å²) >= 11 is 0. The molecule has 2 aromatic rings. The minimum atomic E-state index is -0.624. The molecule has 1 saturated heterocycles. The number of nitrogens with zero attached hydrogens (tertiary/aromatic N) is 1. The Labute approximate surface area is 189 Å². The van der Waals surface area contributed by atoms with E-state index in [0.717, 1.165) is 60.8 Å². The molecular formula is C26H35NO5. The van der Waals surface area contributed by atoms with E-state index in [1.807, 2.05) is 30.9 Å². The molecule has 0 bridgehead atoms. The van der Waals surface area contributed by atoms with E-state index in [1.54, 1.807) is 0 Å². The van der Waals surface area contributed by atoms with Crippen molar-refractivity contribution in [3.05, 3.63) is 39.2 Å². The third-order valence-corrected chi connectivity index (χ3v) is 7.52. The second-order valence-corrected chi connectivity index (χ2v) is 9.57. The fraction of sp³-hybridized carbons (Fsp3) is 0.615. The molecule has 1 N–H and O–H groups in total. The fourth-order valence-electron chi connectivity index (χ4n) is 5.32. The van der Waals surface area contributed by atoms with Gasteiger partial charge in [0.2, 0.25) is 5.91 Å². The van der Waals surface area contributed by atoms with Crippen LogP contribution in [0.5, 0.6) is 5.75 Å². The minimum Gasteiger partial charge on any atom is -0.493 e. The van der Waals surface area contributed by atoms with Crippen LogP contribution in [0.1, 0.15) is 68.6 Å². The number of likely N-dealkylation sites (tertiary alicyclic amines) is 1. The summed E-state index contributed by atoms with van der Waals surface area (Å²) in [4.78, 5) is 27.8. The molecule has 0 spiro atoms. The van der Waals surface area contributed by atoms with E-state index in [4.69, 9.17) is 9.15 Å². The molecule has 1 aliphatic heterocycles.